The zero-order valence-electron chi connectivity index (χ0n) is 13.5. The molecular weight excluding hydrogens is 451 g/mol. The largest absolute Gasteiger partial charge is 0.317 e. The number of aromatic nitrogens is 1. The summed E-state index contributed by atoms with van der Waals surface area (Å²) in [5.41, 5.74) is 5.13. The second-order valence-corrected chi connectivity index (χ2v) is 8.36. The Morgan fingerprint density at radius 3 is 2.46 bits per heavy atom. The van der Waals surface area contributed by atoms with Crippen LogP contribution in [0.25, 0.3) is 0 Å². The maximum absolute atomic E-state index is 6.17. The second-order valence-electron chi connectivity index (χ2n) is 6.25. The molecule has 2 aromatic rings. The van der Waals surface area contributed by atoms with Crippen LogP contribution in [0, 0.1) is 0 Å². The number of hydrogen-bond acceptors (Lipinski definition) is 2. The van der Waals surface area contributed by atoms with Crippen LogP contribution in [0.4, 0.5) is 0 Å². The van der Waals surface area contributed by atoms with E-state index in [1.807, 2.05) is 12.3 Å². The summed E-state index contributed by atoms with van der Waals surface area (Å²) in [6.07, 6.45) is 8.98. The number of nitrogens with zero attached hydrogens (tertiary/aromatic N) is 1. The zero-order valence-corrected chi connectivity index (χ0v) is 17.5. The van der Waals surface area contributed by atoms with E-state index >= 15 is 0 Å². The summed E-state index contributed by atoms with van der Waals surface area (Å²) >= 11 is 13.2. The first kappa shape index (κ1) is 18.4. The SMILES string of the molecule is C1CCNCC1.Clc1ccc2c(c1Br)CCc1cc(Br)cnc1C2. The lowest BCUT2D eigenvalue weighted by Crippen LogP contribution is -2.21. The minimum atomic E-state index is 0.786. The summed E-state index contributed by atoms with van der Waals surface area (Å²) in [7, 11) is 0. The van der Waals surface area contributed by atoms with Crippen molar-refractivity contribution in [3.63, 3.8) is 0 Å². The lowest BCUT2D eigenvalue weighted by molar-refractivity contribution is 0.520. The van der Waals surface area contributed by atoms with Crippen molar-refractivity contribution in [2.75, 3.05) is 13.1 Å². The topological polar surface area (TPSA) is 24.9 Å². The van der Waals surface area contributed by atoms with Gasteiger partial charge in [0.05, 0.1) is 5.02 Å². The van der Waals surface area contributed by atoms with E-state index in [2.05, 4.69) is 54.3 Å². The third-order valence-electron chi connectivity index (χ3n) is 4.53. The molecule has 5 heteroatoms. The monoisotopic (exact) mass is 470 g/mol. The van der Waals surface area contributed by atoms with E-state index in [0.717, 1.165) is 33.2 Å². The Bertz CT molecular complexity index is 703. The molecule has 1 aromatic heterocycles. The van der Waals surface area contributed by atoms with Crippen LogP contribution in [0.5, 0.6) is 0 Å². The molecule has 0 spiro atoms. The van der Waals surface area contributed by atoms with Crippen molar-refractivity contribution in [1.29, 1.82) is 0 Å². The molecule has 0 bridgehead atoms. The summed E-state index contributed by atoms with van der Waals surface area (Å²) in [6.45, 7) is 2.50. The van der Waals surface area contributed by atoms with Crippen molar-refractivity contribution in [3.8, 4) is 0 Å². The third-order valence-corrected chi connectivity index (χ3v) is 6.41. The Morgan fingerprint density at radius 2 is 1.79 bits per heavy atom. The Kier molecular flexibility index (Phi) is 6.73. The minimum absolute atomic E-state index is 0.786. The van der Waals surface area contributed by atoms with E-state index in [4.69, 9.17) is 11.6 Å². The van der Waals surface area contributed by atoms with Gasteiger partial charge in [-0.2, -0.15) is 0 Å². The van der Waals surface area contributed by atoms with Gasteiger partial charge < -0.3 is 5.32 Å². The molecular formula is C19H21Br2ClN2. The van der Waals surface area contributed by atoms with Crippen molar-refractivity contribution in [1.82, 2.24) is 10.3 Å². The lowest BCUT2D eigenvalue weighted by atomic mass is 10.0. The molecule has 24 heavy (non-hydrogen) atoms. The number of nitrogens with one attached hydrogen (secondary N) is 1. The van der Waals surface area contributed by atoms with E-state index < -0.39 is 0 Å². The molecule has 1 saturated heterocycles. The number of fused-ring (bicyclic) bond motifs is 2. The summed E-state index contributed by atoms with van der Waals surface area (Å²) in [4.78, 5) is 4.53. The number of halogens is 3. The van der Waals surface area contributed by atoms with Gasteiger partial charge in [0.2, 0.25) is 0 Å². The highest BCUT2D eigenvalue weighted by Gasteiger charge is 2.17. The number of piperidine rings is 1. The number of hydrogen-bond donors (Lipinski definition) is 1. The Hall–Kier alpha value is -0.420. The quantitative estimate of drug-likeness (QED) is 0.531. The van der Waals surface area contributed by atoms with Gasteiger partial charge in [0.1, 0.15) is 0 Å². The van der Waals surface area contributed by atoms with Crippen LogP contribution in [0.15, 0.2) is 33.3 Å². The Balaban J connectivity index is 0.000000238. The van der Waals surface area contributed by atoms with Crippen molar-refractivity contribution in [3.05, 3.63) is 60.7 Å². The molecule has 1 aromatic carbocycles. The highest BCUT2D eigenvalue weighted by Crippen LogP contribution is 2.33. The highest BCUT2D eigenvalue weighted by atomic mass is 79.9. The fourth-order valence-corrected chi connectivity index (χ4v) is 4.34. The fourth-order valence-electron chi connectivity index (χ4n) is 3.20. The van der Waals surface area contributed by atoms with E-state index in [1.54, 1.807) is 0 Å². The second kappa shape index (κ2) is 8.79. The van der Waals surface area contributed by atoms with Crippen molar-refractivity contribution in [2.24, 2.45) is 0 Å². The molecule has 1 aliphatic carbocycles. The van der Waals surface area contributed by atoms with Crippen molar-refractivity contribution >= 4 is 43.5 Å². The third kappa shape index (κ3) is 4.60. The number of pyridine rings is 1. The molecule has 0 atom stereocenters. The van der Waals surface area contributed by atoms with E-state index in [-0.39, 0.29) is 0 Å². The molecule has 1 N–H and O–H groups in total. The van der Waals surface area contributed by atoms with Crippen molar-refractivity contribution in [2.45, 2.75) is 38.5 Å². The normalized spacial score (nSPS) is 16.3. The molecule has 2 nitrogen and oxygen atoms in total. The van der Waals surface area contributed by atoms with E-state index in [9.17, 15) is 0 Å². The molecule has 0 amide bonds. The summed E-state index contributed by atoms with van der Waals surface area (Å²) in [5, 5.41) is 4.07. The van der Waals surface area contributed by atoms with Crippen LogP contribution in [-0.2, 0) is 19.3 Å². The van der Waals surface area contributed by atoms with Crippen LogP contribution < -0.4 is 5.32 Å². The van der Waals surface area contributed by atoms with Gasteiger partial charge in [-0.05, 0) is 99.5 Å². The minimum Gasteiger partial charge on any atom is -0.317 e. The van der Waals surface area contributed by atoms with E-state index in [1.165, 1.54) is 54.7 Å². The van der Waals surface area contributed by atoms with Gasteiger partial charge in [0, 0.05) is 27.3 Å². The summed E-state index contributed by atoms with van der Waals surface area (Å²) in [5.74, 6) is 0. The predicted octanol–water partition coefficient (Wildman–Crippen LogP) is 5.71. The number of aryl methyl sites for hydroxylation is 1. The van der Waals surface area contributed by atoms with Gasteiger partial charge in [-0.25, -0.2) is 0 Å². The maximum atomic E-state index is 6.17. The molecule has 0 radical (unpaired) electrons. The maximum Gasteiger partial charge on any atom is 0.0551 e. The molecule has 1 aliphatic heterocycles. The Morgan fingerprint density at radius 1 is 1.00 bits per heavy atom. The zero-order chi connectivity index (χ0) is 16.9. The van der Waals surface area contributed by atoms with Crippen LogP contribution in [0.2, 0.25) is 5.02 Å². The molecule has 1 fully saturated rings. The smallest absolute Gasteiger partial charge is 0.0551 e. The first-order valence-corrected chi connectivity index (χ1v) is 10.4. The predicted molar refractivity (Wildman–Crippen MR) is 108 cm³/mol. The first-order chi connectivity index (χ1) is 11.6. The van der Waals surface area contributed by atoms with Crippen molar-refractivity contribution < 1.29 is 0 Å². The van der Waals surface area contributed by atoms with Crippen LogP contribution in [0.1, 0.15) is 41.6 Å². The van der Waals surface area contributed by atoms with Gasteiger partial charge in [-0.3, -0.25) is 4.98 Å². The summed E-state index contributed by atoms with van der Waals surface area (Å²) in [6, 6.07) is 6.24. The van der Waals surface area contributed by atoms with Gasteiger partial charge in [0.25, 0.3) is 0 Å². The molecule has 2 aliphatic rings. The van der Waals surface area contributed by atoms with E-state index in [0.29, 0.717) is 0 Å². The first-order valence-electron chi connectivity index (χ1n) is 8.45. The average molecular weight is 473 g/mol. The van der Waals surface area contributed by atoms with Gasteiger partial charge in [-0.1, -0.05) is 24.1 Å². The molecule has 128 valence electrons. The molecule has 0 unspecified atom stereocenters. The average Bonchev–Trinajstić information content (AvgIpc) is 2.80. The fraction of sp³-hybridized carbons (Fsp3) is 0.421. The van der Waals surface area contributed by atoms with Gasteiger partial charge in [-0.15, -0.1) is 0 Å². The molecule has 0 saturated carbocycles. The number of rotatable bonds is 0. The molecule has 2 heterocycles. The Labute approximate surface area is 165 Å². The van der Waals surface area contributed by atoms with Gasteiger partial charge in [0.15, 0.2) is 0 Å². The lowest BCUT2D eigenvalue weighted by Gasteiger charge is -2.09. The van der Waals surface area contributed by atoms with Crippen LogP contribution >= 0.6 is 43.5 Å². The van der Waals surface area contributed by atoms with Crippen LogP contribution in [-0.4, -0.2) is 18.1 Å². The van der Waals surface area contributed by atoms with Crippen LogP contribution in [0.3, 0.4) is 0 Å². The summed E-state index contributed by atoms with van der Waals surface area (Å²) < 4.78 is 2.08. The highest BCUT2D eigenvalue weighted by molar-refractivity contribution is 9.10. The number of benzene rings is 1. The molecule has 4 rings (SSSR count). The van der Waals surface area contributed by atoms with Gasteiger partial charge >= 0.3 is 0 Å². The standard InChI is InChI=1S/C14H10Br2ClN.C5H11N/c15-10-5-9-1-3-11-8(6-13(9)18-7-10)2-4-12(17)14(11)16;1-2-4-6-5-3-1/h2,4-5,7H,1,3,6H2;6H,1-5H2.